The second-order valence-electron chi connectivity index (χ2n) is 5.35. The number of methoxy groups -OCH3 is 1. The molecule has 1 heterocycles. The number of benzene rings is 2. The maximum Gasteiger partial charge on any atom is 0.338 e. The van der Waals surface area contributed by atoms with E-state index < -0.39 is 11.9 Å². The molecule has 0 amide bonds. The number of esters is 2. The summed E-state index contributed by atoms with van der Waals surface area (Å²) < 4.78 is 11.3. The number of rotatable bonds is 3. The zero-order chi connectivity index (χ0) is 17.3. The highest BCUT2D eigenvalue weighted by Gasteiger charge is 2.23. The van der Waals surface area contributed by atoms with Crippen molar-refractivity contribution in [2.24, 2.45) is 0 Å². The topological polar surface area (TPSA) is 52.6 Å². The standard InChI is InChI=1S/C19H16O4S/c1-11-9-14-16(24-11)10-15(19(21)22-3)17(18(14)23-12(2)20)13-7-5-4-6-8-13/h4-10H,1-3H3. The van der Waals surface area contributed by atoms with E-state index in [0.29, 0.717) is 16.9 Å². The van der Waals surface area contributed by atoms with Crippen LogP contribution in [-0.4, -0.2) is 19.0 Å². The Hall–Kier alpha value is -2.66. The average molecular weight is 340 g/mol. The zero-order valence-corrected chi connectivity index (χ0v) is 14.4. The Kier molecular flexibility index (Phi) is 4.36. The van der Waals surface area contributed by atoms with Gasteiger partial charge in [-0.05, 0) is 24.6 Å². The quantitative estimate of drug-likeness (QED) is 0.517. The summed E-state index contributed by atoms with van der Waals surface area (Å²) in [6.07, 6.45) is 0. The lowest BCUT2D eigenvalue weighted by Crippen LogP contribution is -2.08. The van der Waals surface area contributed by atoms with Gasteiger partial charge in [0.1, 0.15) is 5.75 Å². The van der Waals surface area contributed by atoms with Crippen molar-refractivity contribution in [2.45, 2.75) is 13.8 Å². The first-order valence-corrected chi connectivity index (χ1v) is 8.22. The molecule has 0 fully saturated rings. The number of aryl methyl sites for hydroxylation is 1. The number of carbonyl (C=O) groups is 2. The lowest BCUT2D eigenvalue weighted by atomic mass is 9.96. The van der Waals surface area contributed by atoms with E-state index in [1.165, 1.54) is 14.0 Å². The zero-order valence-electron chi connectivity index (χ0n) is 13.6. The van der Waals surface area contributed by atoms with Gasteiger partial charge in [0.25, 0.3) is 0 Å². The lowest BCUT2D eigenvalue weighted by Gasteiger charge is -2.15. The van der Waals surface area contributed by atoms with Crippen molar-refractivity contribution in [3.8, 4) is 16.9 Å². The van der Waals surface area contributed by atoms with Gasteiger partial charge in [0.2, 0.25) is 0 Å². The molecule has 0 spiro atoms. The van der Waals surface area contributed by atoms with Crippen molar-refractivity contribution in [3.63, 3.8) is 0 Å². The smallest absolute Gasteiger partial charge is 0.338 e. The molecule has 0 radical (unpaired) electrons. The number of thiophene rings is 1. The summed E-state index contributed by atoms with van der Waals surface area (Å²) in [5, 5.41) is 0.819. The molecular formula is C19H16O4S. The molecule has 24 heavy (non-hydrogen) atoms. The number of hydrogen-bond donors (Lipinski definition) is 0. The number of carbonyl (C=O) groups excluding carboxylic acids is 2. The van der Waals surface area contributed by atoms with Gasteiger partial charge in [0, 0.05) is 27.5 Å². The van der Waals surface area contributed by atoms with Gasteiger partial charge in [-0.25, -0.2) is 4.79 Å². The molecule has 2 aromatic carbocycles. The highest BCUT2D eigenvalue weighted by Crippen LogP contribution is 2.43. The summed E-state index contributed by atoms with van der Waals surface area (Å²) in [7, 11) is 1.34. The Morgan fingerprint density at radius 2 is 1.79 bits per heavy atom. The minimum absolute atomic E-state index is 0.384. The molecule has 3 rings (SSSR count). The monoisotopic (exact) mass is 340 g/mol. The van der Waals surface area contributed by atoms with Crippen LogP contribution in [0.4, 0.5) is 0 Å². The van der Waals surface area contributed by atoms with Crippen molar-refractivity contribution in [2.75, 3.05) is 7.11 Å². The highest BCUT2D eigenvalue weighted by atomic mass is 32.1. The number of fused-ring (bicyclic) bond motifs is 1. The summed E-state index contributed by atoms with van der Waals surface area (Å²) in [5.41, 5.74) is 1.75. The summed E-state index contributed by atoms with van der Waals surface area (Å²) in [6.45, 7) is 3.33. The maximum absolute atomic E-state index is 12.3. The predicted molar refractivity (Wildman–Crippen MR) is 94.6 cm³/mol. The summed E-state index contributed by atoms with van der Waals surface area (Å²) in [4.78, 5) is 25.1. The molecule has 4 nitrogen and oxygen atoms in total. The Morgan fingerprint density at radius 3 is 2.42 bits per heavy atom. The van der Waals surface area contributed by atoms with Gasteiger partial charge in [-0.1, -0.05) is 30.3 Å². The van der Waals surface area contributed by atoms with Crippen LogP contribution in [0.15, 0.2) is 42.5 Å². The molecule has 0 aliphatic carbocycles. The number of ether oxygens (including phenoxy) is 2. The van der Waals surface area contributed by atoms with Crippen LogP contribution in [0.5, 0.6) is 5.75 Å². The Labute approximate surface area is 143 Å². The van der Waals surface area contributed by atoms with Gasteiger partial charge in [-0.15, -0.1) is 11.3 Å². The third-order valence-corrected chi connectivity index (χ3v) is 4.61. The largest absolute Gasteiger partial charge is 0.465 e. The molecule has 0 aliphatic heterocycles. The molecule has 3 aromatic rings. The molecule has 0 atom stereocenters. The van der Waals surface area contributed by atoms with Crippen LogP contribution in [-0.2, 0) is 9.53 Å². The van der Waals surface area contributed by atoms with Crippen LogP contribution < -0.4 is 4.74 Å². The predicted octanol–water partition coefficient (Wildman–Crippen LogP) is 4.59. The summed E-state index contributed by atoms with van der Waals surface area (Å²) in [6, 6.07) is 13.1. The molecule has 0 N–H and O–H groups in total. The fraction of sp³-hybridized carbons (Fsp3) is 0.158. The molecule has 122 valence electrons. The third-order valence-electron chi connectivity index (χ3n) is 3.61. The normalized spacial score (nSPS) is 10.6. The van der Waals surface area contributed by atoms with Crippen LogP contribution in [0.1, 0.15) is 22.2 Å². The first-order chi connectivity index (χ1) is 11.5. The first-order valence-electron chi connectivity index (χ1n) is 7.40. The van der Waals surface area contributed by atoms with Crippen molar-refractivity contribution >= 4 is 33.4 Å². The lowest BCUT2D eigenvalue weighted by molar-refractivity contribution is -0.131. The second-order valence-corrected chi connectivity index (χ2v) is 6.64. The van der Waals surface area contributed by atoms with Crippen LogP contribution in [0.25, 0.3) is 21.2 Å². The van der Waals surface area contributed by atoms with Crippen molar-refractivity contribution in [1.82, 2.24) is 0 Å². The van der Waals surface area contributed by atoms with Crippen molar-refractivity contribution in [3.05, 3.63) is 52.9 Å². The van der Waals surface area contributed by atoms with Crippen LogP contribution in [0, 0.1) is 6.92 Å². The van der Waals surface area contributed by atoms with Crippen LogP contribution in [0.3, 0.4) is 0 Å². The van der Waals surface area contributed by atoms with E-state index in [1.54, 1.807) is 17.4 Å². The third kappa shape index (κ3) is 2.90. The Morgan fingerprint density at radius 1 is 1.08 bits per heavy atom. The second kappa shape index (κ2) is 6.45. The fourth-order valence-corrected chi connectivity index (χ4v) is 3.65. The minimum Gasteiger partial charge on any atom is -0.465 e. The van der Waals surface area contributed by atoms with E-state index in [2.05, 4.69) is 0 Å². The van der Waals surface area contributed by atoms with E-state index in [9.17, 15) is 9.59 Å². The van der Waals surface area contributed by atoms with Gasteiger partial charge < -0.3 is 9.47 Å². The molecule has 0 bridgehead atoms. The molecule has 0 aliphatic rings. The minimum atomic E-state index is -0.463. The summed E-state index contributed by atoms with van der Waals surface area (Å²) >= 11 is 1.54. The van der Waals surface area contributed by atoms with Gasteiger partial charge in [0.05, 0.1) is 12.7 Å². The highest BCUT2D eigenvalue weighted by molar-refractivity contribution is 7.19. The van der Waals surface area contributed by atoms with Crippen LogP contribution >= 0.6 is 11.3 Å². The summed E-state index contributed by atoms with van der Waals surface area (Å²) in [5.74, 6) is -0.495. The van der Waals surface area contributed by atoms with Gasteiger partial charge in [0.15, 0.2) is 0 Å². The van der Waals surface area contributed by atoms with Crippen molar-refractivity contribution in [1.29, 1.82) is 0 Å². The van der Waals surface area contributed by atoms with Gasteiger partial charge in [-0.2, -0.15) is 0 Å². The van der Waals surface area contributed by atoms with Gasteiger partial charge in [-0.3, -0.25) is 4.79 Å². The van der Waals surface area contributed by atoms with Gasteiger partial charge >= 0.3 is 11.9 Å². The van der Waals surface area contributed by atoms with Crippen LogP contribution in [0.2, 0.25) is 0 Å². The Balaban J connectivity index is 2.43. The average Bonchev–Trinajstić information content (AvgIpc) is 2.94. The Bertz CT molecular complexity index is 925. The van der Waals surface area contributed by atoms with Crippen molar-refractivity contribution < 1.29 is 19.1 Å². The molecule has 1 aromatic heterocycles. The van der Waals surface area contributed by atoms with E-state index in [4.69, 9.17) is 9.47 Å². The van der Waals surface area contributed by atoms with E-state index in [-0.39, 0.29) is 0 Å². The number of hydrogen-bond acceptors (Lipinski definition) is 5. The van der Waals surface area contributed by atoms with E-state index in [0.717, 1.165) is 20.5 Å². The SMILES string of the molecule is COC(=O)c1cc2sc(C)cc2c(OC(C)=O)c1-c1ccccc1. The van der Waals surface area contributed by atoms with E-state index in [1.807, 2.05) is 43.3 Å². The molecule has 0 saturated heterocycles. The van der Waals surface area contributed by atoms with E-state index >= 15 is 0 Å². The molecule has 0 saturated carbocycles. The molecule has 5 heteroatoms. The fourth-order valence-electron chi connectivity index (χ4n) is 2.69. The first kappa shape index (κ1) is 16.2. The maximum atomic E-state index is 12.3. The molecular weight excluding hydrogens is 324 g/mol. The molecule has 0 unspecified atom stereocenters.